The molecule has 0 spiro atoms. The van der Waals surface area contributed by atoms with Gasteiger partial charge in [-0.1, -0.05) is 131 Å². The van der Waals surface area contributed by atoms with E-state index in [2.05, 4.69) is 103 Å². The van der Waals surface area contributed by atoms with Crippen LogP contribution in [0.1, 0.15) is 64.2 Å². The highest BCUT2D eigenvalue weighted by Crippen LogP contribution is 2.81. The molecule has 3 unspecified atom stereocenters. The molecule has 7 nitrogen and oxygen atoms in total. The summed E-state index contributed by atoms with van der Waals surface area (Å²) in [6, 6.07) is 30.7. The smallest absolute Gasteiger partial charge is 0.303 e. The van der Waals surface area contributed by atoms with Crippen molar-refractivity contribution in [1.82, 2.24) is 0 Å². The molecule has 0 saturated heterocycles. The number of fused-ring (bicyclic) bond motifs is 5. The molecule has 7 atom stereocenters. The molecule has 2 saturated carbocycles. The van der Waals surface area contributed by atoms with E-state index in [4.69, 9.17) is 18.3 Å². The summed E-state index contributed by atoms with van der Waals surface area (Å²) in [5.74, 6) is -2.13. The van der Waals surface area contributed by atoms with Gasteiger partial charge in [0.25, 0.3) is 0 Å². The number of esters is 1. The van der Waals surface area contributed by atoms with Gasteiger partial charge in [-0.2, -0.15) is 0 Å². The van der Waals surface area contributed by atoms with Crippen LogP contribution in [0.4, 0.5) is 0 Å². The number of rotatable bonds is 11. The summed E-state index contributed by atoms with van der Waals surface area (Å²) in [6.45, 7) is 22.5. The van der Waals surface area contributed by atoms with Gasteiger partial charge in [0.15, 0.2) is 28.0 Å². The van der Waals surface area contributed by atoms with E-state index in [1.165, 1.54) is 6.92 Å². The van der Waals surface area contributed by atoms with Crippen LogP contribution in [0.15, 0.2) is 114 Å². The average Bonchev–Trinajstić information content (AvgIpc) is 3.42. The Labute approximate surface area is 335 Å². The summed E-state index contributed by atoms with van der Waals surface area (Å²) >= 11 is 0. The Kier molecular flexibility index (Phi) is 9.87. The fraction of sp³-hybridized carbons (Fsp3) is 0.489. The number of aliphatic hydroxyl groups is 1. The van der Waals surface area contributed by atoms with Crippen molar-refractivity contribution < 1.29 is 33.0 Å². The molecule has 1 N–H and O–H groups in total. The Morgan fingerprint density at radius 2 is 1.27 bits per heavy atom. The molecular weight excluding hydrogens is 733 g/mol. The standard InChI is InChI=1S/C47H60O7Si2/c1-32-27-39-43(41(32)49,53-55(6,7)8)30-35(28-40-45(39,50)33(2)29-44(54-56(9,10)11)42(4,5)47(40,44)52-34(3)48)31-51-46(36-21-15-12-16-22-36,37-23-17-13-18-24-37)38-25-19-14-20-26-38/h12-28,32-33,40,50H,29-31H2,1-11H3/t32?,33-,40-,43-,44?,45+,47?/m1/s1. The zero-order valence-corrected chi connectivity index (χ0v) is 37.1. The van der Waals surface area contributed by atoms with Crippen molar-refractivity contribution in [2.75, 3.05) is 6.61 Å². The van der Waals surface area contributed by atoms with Gasteiger partial charge >= 0.3 is 5.97 Å². The summed E-state index contributed by atoms with van der Waals surface area (Å²) in [5, 5.41) is 13.8. The Bertz CT molecular complexity index is 1950. The Balaban J connectivity index is 1.49. The third-order valence-electron chi connectivity index (χ3n) is 13.0. The molecule has 3 aromatic carbocycles. The highest BCUT2D eigenvalue weighted by atomic mass is 28.4. The van der Waals surface area contributed by atoms with Crippen LogP contribution >= 0.6 is 0 Å². The van der Waals surface area contributed by atoms with Crippen LogP contribution in [0.25, 0.3) is 0 Å². The van der Waals surface area contributed by atoms with Crippen molar-refractivity contribution in [3.05, 3.63) is 131 Å². The lowest BCUT2D eigenvalue weighted by molar-refractivity contribution is -0.184. The first kappa shape index (κ1) is 40.7. The predicted molar refractivity (Wildman–Crippen MR) is 225 cm³/mol. The number of ether oxygens (including phenoxy) is 2. The highest BCUT2D eigenvalue weighted by molar-refractivity contribution is 6.70. The summed E-state index contributed by atoms with van der Waals surface area (Å²) in [6.07, 6.45) is 4.69. The Morgan fingerprint density at radius 1 is 0.786 bits per heavy atom. The zero-order chi connectivity index (χ0) is 40.7. The second-order valence-corrected chi connectivity index (χ2v) is 28.1. The fourth-order valence-electron chi connectivity index (χ4n) is 11.1. The average molecular weight is 793 g/mol. The number of hydrogen-bond donors (Lipinski definition) is 1. The highest BCUT2D eigenvalue weighted by Gasteiger charge is 2.93. The first-order valence-corrected chi connectivity index (χ1v) is 27.0. The van der Waals surface area contributed by atoms with Gasteiger partial charge in [-0.25, -0.2) is 0 Å². The van der Waals surface area contributed by atoms with Crippen LogP contribution in [-0.2, 0) is 33.5 Å². The molecule has 4 aliphatic carbocycles. The third-order valence-corrected chi connectivity index (χ3v) is 14.9. The molecule has 7 rings (SSSR count). The monoisotopic (exact) mass is 792 g/mol. The topological polar surface area (TPSA) is 91.3 Å². The van der Waals surface area contributed by atoms with Gasteiger partial charge in [-0.3, -0.25) is 9.59 Å². The molecule has 298 valence electrons. The minimum Gasteiger partial charge on any atom is -0.455 e. The molecule has 3 aromatic rings. The molecule has 9 heteroatoms. The predicted octanol–water partition coefficient (Wildman–Crippen LogP) is 9.38. The number of carbonyl (C=O) groups excluding carboxylic acids is 2. The van der Waals surface area contributed by atoms with E-state index in [1.54, 1.807) is 0 Å². The van der Waals surface area contributed by atoms with Crippen LogP contribution in [0.5, 0.6) is 0 Å². The van der Waals surface area contributed by atoms with E-state index in [-0.39, 0.29) is 24.7 Å². The lowest BCUT2D eigenvalue weighted by atomic mass is 9.61. The molecule has 0 amide bonds. The fourth-order valence-corrected chi connectivity index (χ4v) is 13.9. The minimum atomic E-state index is -2.46. The van der Waals surface area contributed by atoms with Gasteiger partial charge in [0, 0.05) is 24.7 Å². The largest absolute Gasteiger partial charge is 0.455 e. The second kappa shape index (κ2) is 13.6. The van der Waals surface area contributed by atoms with E-state index in [9.17, 15) is 14.7 Å². The number of ketones is 1. The van der Waals surface area contributed by atoms with Gasteiger partial charge in [-0.05, 0) is 79.5 Å². The molecule has 4 aliphatic rings. The van der Waals surface area contributed by atoms with Crippen molar-refractivity contribution in [1.29, 1.82) is 0 Å². The maximum Gasteiger partial charge on any atom is 0.303 e. The summed E-state index contributed by atoms with van der Waals surface area (Å²) < 4.78 is 28.5. The van der Waals surface area contributed by atoms with Gasteiger partial charge in [-0.15, -0.1) is 0 Å². The number of carbonyl (C=O) groups is 2. The van der Waals surface area contributed by atoms with Crippen LogP contribution < -0.4 is 0 Å². The van der Waals surface area contributed by atoms with Gasteiger partial charge < -0.3 is 23.4 Å². The number of benzene rings is 3. The summed E-state index contributed by atoms with van der Waals surface area (Å²) in [7, 11) is -4.72. The van der Waals surface area contributed by atoms with E-state index < -0.39 is 67.9 Å². The van der Waals surface area contributed by atoms with Crippen molar-refractivity contribution in [2.45, 2.75) is 115 Å². The molecule has 0 radical (unpaired) electrons. The van der Waals surface area contributed by atoms with Crippen LogP contribution in [-0.4, -0.2) is 62.5 Å². The lowest BCUT2D eigenvalue weighted by Gasteiger charge is -2.53. The van der Waals surface area contributed by atoms with Crippen LogP contribution in [0.3, 0.4) is 0 Å². The van der Waals surface area contributed by atoms with Gasteiger partial charge in [0.2, 0.25) is 0 Å². The molecule has 0 bridgehead atoms. The molecule has 0 heterocycles. The van der Waals surface area contributed by atoms with E-state index >= 15 is 0 Å². The second-order valence-electron chi connectivity index (χ2n) is 19.2. The zero-order valence-electron chi connectivity index (χ0n) is 35.1. The minimum absolute atomic E-state index is 0.0608. The maximum atomic E-state index is 14.9. The summed E-state index contributed by atoms with van der Waals surface area (Å²) in [5.41, 5.74) is -2.60. The van der Waals surface area contributed by atoms with Crippen molar-refractivity contribution in [2.24, 2.45) is 23.2 Å². The number of allylic oxidation sites excluding steroid dienone is 1. The van der Waals surface area contributed by atoms with Crippen LogP contribution in [0, 0.1) is 23.2 Å². The number of hydrogen-bond acceptors (Lipinski definition) is 7. The normalized spacial score (nSPS) is 32.3. The molecule has 56 heavy (non-hydrogen) atoms. The van der Waals surface area contributed by atoms with Crippen molar-refractivity contribution >= 4 is 28.4 Å². The first-order valence-electron chi connectivity index (χ1n) is 20.2. The van der Waals surface area contributed by atoms with Gasteiger partial charge in [0.1, 0.15) is 22.4 Å². The Morgan fingerprint density at radius 3 is 1.71 bits per heavy atom. The van der Waals surface area contributed by atoms with Crippen LogP contribution in [0.2, 0.25) is 39.3 Å². The maximum absolute atomic E-state index is 14.9. The van der Waals surface area contributed by atoms with E-state index in [0.717, 1.165) is 22.3 Å². The van der Waals surface area contributed by atoms with Gasteiger partial charge in [0.05, 0.1) is 12.5 Å². The third kappa shape index (κ3) is 5.94. The number of Topliss-reactive ketones (excluding diaryl/α,β-unsaturated/α-hetero) is 1. The molecule has 0 aliphatic heterocycles. The first-order chi connectivity index (χ1) is 26.1. The quantitative estimate of drug-likeness (QED) is 0.0896. The Hall–Kier alpha value is -3.45. The van der Waals surface area contributed by atoms with Crippen molar-refractivity contribution in [3.8, 4) is 0 Å². The van der Waals surface area contributed by atoms with Crippen molar-refractivity contribution in [3.63, 3.8) is 0 Å². The molecular formula is C47H60O7Si2. The SMILES string of the molecule is CC(=O)OC12[C@@H]3C=C(COC(c4ccccc4)(c4ccccc4)c4ccccc4)C[C@]4(O[Si](C)(C)C)C(=O)C(C)C=C4[C@@]3(O)[C@H](C)CC1(O[Si](C)(C)C)C2(C)C. The molecule has 2 fully saturated rings. The van der Waals surface area contributed by atoms with E-state index in [0.29, 0.717) is 12.0 Å². The molecule has 0 aromatic heterocycles. The van der Waals surface area contributed by atoms with E-state index in [1.807, 2.05) is 67.6 Å². The lowest BCUT2D eigenvalue weighted by Crippen LogP contribution is -2.64. The summed E-state index contributed by atoms with van der Waals surface area (Å²) in [4.78, 5) is 28.3.